The zero-order valence-electron chi connectivity index (χ0n) is 24.5. The number of fused-ring (bicyclic) bond motifs is 3. The zero-order chi connectivity index (χ0) is 29.8. The summed E-state index contributed by atoms with van der Waals surface area (Å²) in [5, 5.41) is 17.6. The Kier molecular flexibility index (Phi) is 8.72. The molecule has 1 atom stereocenters. The molecule has 5 rings (SSSR count). The molecule has 10 nitrogen and oxygen atoms in total. The largest absolute Gasteiger partial charge is 0.488 e. The highest BCUT2D eigenvalue weighted by Gasteiger charge is 2.21. The molecule has 1 aliphatic heterocycles. The molecular formula is C32H36N4O6. The summed E-state index contributed by atoms with van der Waals surface area (Å²) in [6.45, 7) is 8.39. The number of likely N-dealkylation sites (tertiary alicyclic amines) is 1. The molecule has 1 unspecified atom stereocenters. The fraction of sp³-hybridized carbons (Fsp3) is 0.375. The normalized spacial score (nSPS) is 14.8. The Labute approximate surface area is 244 Å². The van der Waals surface area contributed by atoms with E-state index < -0.39 is 6.09 Å². The van der Waals surface area contributed by atoms with Crippen LogP contribution in [0.1, 0.15) is 49.8 Å². The number of nitro benzene ring substituents is 1. The average Bonchev–Trinajstić information content (AvgIpc) is 3.30. The summed E-state index contributed by atoms with van der Waals surface area (Å²) in [6, 6.07) is 16.5. The highest BCUT2D eigenvalue weighted by atomic mass is 16.7. The lowest BCUT2D eigenvalue weighted by molar-refractivity contribution is -0.384. The first kappa shape index (κ1) is 29.1. The maximum Gasteiger partial charge on any atom is 0.435 e. The van der Waals surface area contributed by atoms with Crippen LogP contribution >= 0.6 is 0 Å². The zero-order valence-corrected chi connectivity index (χ0v) is 24.5. The van der Waals surface area contributed by atoms with Gasteiger partial charge in [-0.2, -0.15) is 0 Å². The topological polar surface area (TPSA) is 108 Å². The fourth-order valence-electron chi connectivity index (χ4n) is 5.65. The monoisotopic (exact) mass is 572 g/mol. The van der Waals surface area contributed by atoms with E-state index in [0.717, 1.165) is 57.8 Å². The molecule has 4 aromatic rings. The van der Waals surface area contributed by atoms with E-state index in [4.69, 9.17) is 14.3 Å². The number of non-ortho nitro benzene ring substituents is 1. The minimum absolute atomic E-state index is 0.0292. The van der Waals surface area contributed by atoms with E-state index in [1.54, 1.807) is 24.1 Å². The van der Waals surface area contributed by atoms with Crippen molar-refractivity contribution in [3.63, 3.8) is 0 Å². The van der Waals surface area contributed by atoms with Gasteiger partial charge in [0.2, 0.25) is 0 Å². The molecule has 42 heavy (non-hydrogen) atoms. The van der Waals surface area contributed by atoms with Crippen molar-refractivity contribution in [2.75, 3.05) is 26.8 Å². The highest BCUT2D eigenvalue weighted by Crippen LogP contribution is 2.33. The number of nitrogens with zero attached hydrogens (tertiary/aromatic N) is 4. The summed E-state index contributed by atoms with van der Waals surface area (Å²) in [4.78, 5) is 31.3. The van der Waals surface area contributed by atoms with Crippen LogP contribution in [0, 0.1) is 17.0 Å². The molecule has 0 bridgehead atoms. The number of ether oxygens (including phenoxy) is 2. The first-order valence-electron chi connectivity index (χ1n) is 14.3. The van der Waals surface area contributed by atoms with Crippen molar-refractivity contribution in [3.05, 3.63) is 81.4 Å². The fourth-order valence-corrected chi connectivity index (χ4v) is 5.65. The van der Waals surface area contributed by atoms with Crippen molar-refractivity contribution in [2.45, 2.75) is 52.7 Å². The predicted molar refractivity (Wildman–Crippen MR) is 162 cm³/mol. The summed E-state index contributed by atoms with van der Waals surface area (Å²) in [5.41, 5.74) is 4.76. The molecule has 0 N–H and O–H groups in total. The van der Waals surface area contributed by atoms with Gasteiger partial charge < -0.3 is 18.9 Å². The molecule has 0 aliphatic carbocycles. The van der Waals surface area contributed by atoms with Crippen LogP contribution in [-0.4, -0.2) is 59.1 Å². The van der Waals surface area contributed by atoms with Crippen LogP contribution < -0.4 is 4.74 Å². The van der Waals surface area contributed by atoms with E-state index in [2.05, 4.69) is 9.72 Å². The number of piperidine rings is 1. The van der Waals surface area contributed by atoms with Gasteiger partial charge in [-0.05, 0) is 82.0 Å². The van der Waals surface area contributed by atoms with Crippen LogP contribution in [-0.2, 0) is 16.1 Å². The Morgan fingerprint density at radius 1 is 1.02 bits per heavy atom. The Balaban J connectivity index is 1.61. The van der Waals surface area contributed by atoms with Crippen LogP contribution in [0.3, 0.4) is 0 Å². The molecule has 1 fully saturated rings. The molecule has 2 heterocycles. The van der Waals surface area contributed by atoms with Gasteiger partial charge in [-0.15, -0.1) is 0 Å². The lowest BCUT2D eigenvalue weighted by atomic mass is 9.96. The van der Waals surface area contributed by atoms with Crippen LogP contribution in [0.4, 0.5) is 10.5 Å². The maximum absolute atomic E-state index is 12.9. The van der Waals surface area contributed by atoms with Crippen molar-refractivity contribution in [2.24, 2.45) is 5.16 Å². The smallest absolute Gasteiger partial charge is 0.435 e. The van der Waals surface area contributed by atoms with Crippen molar-refractivity contribution in [3.8, 4) is 5.75 Å². The lowest BCUT2D eigenvalue weighted by Gasteiger charge is -2.24. The van der Waals surface area contributed by atoms with Gasteiger partial charge >= 0.3 is 6.09 Å². The molecular weight excluding hydrogens is 536 g/mol. The summed E-state index contributed by atoms with van der Waals surface area (Å²) in [7, 11) is 1.63. The molecule has 220 valence electrons. The van der Waals surface area contributed by atoms with Gasteiger partial charge in [0.25, 0.3) is 5.69 Å². The van der Waals surface area contributed by atoms with Crippen LogP contribution in [0.2, 0.25) is 0 Å². The number of rotatable bonds is 9. The van der Waals surface area contributed by atoms with Gasteiger partial charge in [-0.3, -0.25) is 15.0 Å². The average molecular weight is 573 g/mol. The van der Waals surface area contributed by atoms with E-state index in [1.165, 1.54) is 6.07 Å². The second-order valence-corrected chi connectivity index (χ2v) is 10.6. The lowest BCUT2D eigenvalue weighted by Crippen LogP contribution is -2.35. The highest BCUT2D eigenvalue weighted by molar-refractivity contribution is 6.17. The molecule has 3 aromatic carbocycles. The number of methoxy groups -OCH3 is 1. The van der Waals surface area contributed by atoms with E-state index in [9.17, 15) is 14.9 Å². The second-order valence-electron chi connectivity index (χ2n) is 10.6. The summed E-state index contributed by atoms with van der Waals surface area (Å²) < 4.78 is 13.3. The molecule has 10 heteroatoms. The standard InChI is InChI=1S/C32H36N4O6/c1-5-35-29-13-9-23(18-27(29)28-19-24(36(38)39)10-14-30(28)35)31(33-42-32(37)34-15-7-6-8-16-34)26-12-11-25(17-21(26)2)41-22(3)20-40-4/h9-14,17-19,22H,5-8,15-16,20H2,1-4H3. The number of amides is 1. The molecule has 0 spiro atoms. The van der Waals surface area contributed by atoms with Gasteiger partial charge in [0.05, 0.1) is 11.5 Å². The van der Waals surface area contributed by atoms with E-state index >= 15 is 0 Å². The number of benzene rings is 3. The molecule has 0 radical (unpaired) electrons. The molecule has 0 saturated carbocycles. The van der Waals surface area contributed by atoms with Gasteiger partial charge in [0.1, 0.15) is 17.6 Å². The number of hydrogen-bond donors (Lipinski definition) is 0. The minimum Gasteiger partial charge on any atom is -0.488 e. The van der Waals surface area contributed by atoms with E-state index in [0.29, 0.717) is 37.7 Å². The number of carbonyl (C=O) groups excluding carboxylic acids is 1. The first-order chi connectivity index (χ1) is 20.3. The summed E-state index contributed by atoms with van der Waals surface area (Å²) >= 11 is 0. The van der Waals surface area contributed by atoms with E-state index in [1.807, 2.05) is 57.2 Å². The first-order valence-corrected chi connectivity index (χ1v) is 14.3. The molecule has 1 amide bonds. The van der Waals surface area contributed by atoms with E-state index in [-0.39, 0.29) is 16.7 Å². The Morgan fingerprint density at radius 3 is 2.40 bits per heavy atom. The minimum atomic E-state index is -0.475. The van der Waals surface area contributed by atoms with Crippen molar-refractivity contribution >= 4 is 39.3 Å². The predicted octanol–water partition coefficient (Wildman–Crippen LogP) is 6.82. The third-order valence-corrected chi connectivity index (χ3v) is 7.67. The Morgan fingerprint density at radius 2 is 1.74 bits per heavy atom. The van der Waals surface area contributed by atoms with Crippen LogP contribution in [0.5, 0.6) is 5.75 Å². The van der Waals surface area contributed by atoms with Gasteiger partial charge in [0.15, 0.2) is 0 Å². The number of aromatic nitrogens is 1. The number of carbonyl (C=O) groups is 1. The third kappa shape index (κ3) is 5.94. The van der Waals surface area contributed by atoms with Gasteiger partial charge in [-0.25, -0.2) is 4.79 Å². The Bertz CT molecular complexity index is 1650. The summed E-state index contributed by atoms with van der Waals surface area (Å²) in [5.74, 6) is 0.694. The molecule has 1 aromatic heterocycles. The number of oxime groups is 1. The second kappa shape index (κ2) is 12.6. The quantitative estimate of drug-likeness (QED) is 0.0942. The number of aryl methyl sites for hydroxylation is 2. The molecule has 1 aliphatic rings. The number of nitro groups is 1. The van der Waals surface area contributed by atoms with Crippen LogP contribution in [0.25, 0.3) is 21.8 Å². The van der Waals surface area contributed by atoms with Gasteiger partial charge in [-0.1, -0.05) is 11.2 Å². The van der Waals surface area contributed by atoms with Crippen molar-refractivity contribution < 1.29 is 24.0 Å². The number of hydrogen-bond acceptors (Lipinski definition) is 7. The SMILES string of the molecule is CCn1c2ccc(C(=NOC(=O)N3CCCCC3)c3ccc(OC(C)COC)cc3C)cc2c2cc([N+](=O)[O-])ccc21. The Hall–Kier alpha value is -4.44. The van der Waals surface area contributed by atoms with Crippen molar-refractivity contribution in [1.82, 2.24) is 9.47 Å². The van der Waals surface area contributed by atoms with Crippen molar-refractivity contribution in [1.29, 1.82) is 0 Å². The molecule has 1 saturated heterocycles. The van der Waals surface area contributed by atoms with Crippen LogP contribution in [0.15, 0.2) is 59.8 Å². The third-order valence-electron chi connectivity index (χ3n) is 7.67. The maximum atomic E-state index is 12.9. The summed E-state index contributed by atoms with van der Waals surface area (Å²) in [6.07, 6.45) is 2.38. The van der Waals surface area contributed by atoms with Gasteiger partial charge in [0, 0.05) is 71.8 Å².